The van der Waals surface area contributed by atoms with E-state index in [-0.39, 0.29) is 5.56 Å². The summed E-state index contributed by atoms with van der Waals surface area (Å²) in [6.45, 7) is 7.51. The molecular weight excluding hydrogens is 382 g/mol. The monoisotopic (exact) mass is 408 g/mol. The number of halogens is 2. The van der Waals surface area contributed by atoms with Crippen molar-refractivity contribution in [3.8, 4) is 0 Å². The first kappa shape index (κ1) is 23.0. The molecule has 1 aliphatic heterocycles. The molecule has 3 N–H and O–H groups in total. The average Bonchev–Trinajstić information content (AvgIpc) is 2.91. The summed E-state index contributed by atoms with van der Waals surface area (Å²) in [5, 5.41) is 29.1. The third kappa shape index (κ3) is 5.63. The van der Waals surface area contributed by atoms with Crippen LogP contribution in [-0.2, 0) is 4.74 Å². The fourth-order valence-corrected chi connectivity index (χ4v) is 3.09. The number of hydrogen-bond acceptors (Lipinski definition) is 6. The first-order chi connectivity index (χ1) is 13.6. The lowest BCUT2D eigenvalue weighted by molar-refractivity contribution is -0.0637. The molecule has 0 saturated carbocycles. The second kappa shape index (κ2) is 9.98. The molecular formula is C21H26F2N2O4. The molecule has 0 aliphatic carbocycles. The number of aryl methyl sites for hydroxylation is 2. The van der Waals surface area contributed by atoms with Crippen LogP contribution >= 0.6 is 0 Å². The Morgan fingerprint density at radius 3 is 2.03 bits per heavy atom. The van der Waals surface area contributed by atoms with E-state index < -0.39 is 42.2 Å². The number of hydrogen-bond donors (Lipinski definition) is 3. The zero-order valence-electron chi connectivity index (χ0n) is 16.8. The maximum absolute atomic E-state index is 13.0. The van der Waals surface area contributed by atoms with Gasteiger partial charge in [-0.2, -0.15) is 0 Å². The van der Waals surface area contributed by atoms with Gasteiger partial charge in [-0.15, -0.1) is 0 Å². The second-order valence-electron chi connectivity index (χ2n) is 6.89. The van der Waals surface area contributed by atoms with Crippen molar-refractivity contribution in [2.45, 2.75) is 58.2 Å². The van der Waals surface area contributed by atoms with E-state index in [1.807, 2.05) is 32.9 Å². The highest BCUT2D eigenvalue weighted by molar-refractivity contribution is 5.53. The SMILES string of the molecule is C/C=C\c1c(C)ncnc1C.C[C@@H]1O[C@H]([C@@H](O)c2cc(F)cc(F)c2)[C@@H](O)[C@H]1O. The average molecular weight is 408 g/mol. The lowest BCUT2D eigenvalue weighted by Crippen LogP contribution is -2.35. The molecule has 0 unspecified atom stereocenters. The normalized spacial score (nSPS) is 25.0. The lowest BCUT2D eigenvalue weighted by Gasteiger charge is -2.21. The Bertz CT molecular complexity index is 822. The Balaban J connectivity index is 0.000000234. The number of benzene rings is 1. The Labute approximate surface area is 168 Å². The van der Waals surface area contributed by atoms with Gasteiger partial charge in [-0.1, -0.05) is 12.2 Å². The third-order valence-corrected chi connectivity index (χ3v) is 4.69. The minimum Gasteiger partial charge on any atom is -0.388 e. The summed E-state index contributed by atoms with van der Waals surface area (Å²) in [5.74, 6) is -1.66. The molecule has 0 amide bonds. The largest absolute Gasteiger partial charge is 0.388 e. The van der Waals surface area contributed by atoms with Gasteiger partial charge < -0.3 is 20.1 Å². The predicted octanol–water partition coefficient (Wildman–Crippen LogP) is 2.63. The molecule has 1 aromatic heterocycles. The summed E-state index contributed by atoms with van der Waals surface area (Å²) >= 11 is 0. The number of rotatable bonds is 3. The van der Waals surface area contributed by atoms with E-state index in [0.29, 0.717) is 6.07 Å². The standard InChI is InChI=1S/C12H14F2O4.C9H12N2/c1-5-9(15)11(17)12(18-5)10(16)6-2-7(13)4-8(14)3-6;1-4-5-9-7(2)10-6-11-8(9)3/h2-5,9-12,15-17H,1H3;4-6H,1-3H3/b;5-4-/t5-,9-,10-,11-,12+;/m0./s1. The number of aromatic nitrogens is 2. The van der Waals surface area contributed by atoms with Crippen molar-refractivity contribution in [1.29, 1.82) is 0 Å². The summed E-state index contributed by atoms with van der Waals surface area (Å²) in [6.07, 6.45) is 0.00420. The van der Waals surface area contributed by atoms with E-state index in [9.17, 15) is 24.1 Å². The van der Waals surface area contributed by atoms with Gasteiger partial charge in [0.2, 0.25) is 0 Å². The van der Waals surface area contributed by atoms with Gasteiger partial charge in [-0.05, 0) is 45.4 Å². The van der Waals surface area contributed by atoms with E-state index >= 15 is 0 Å². The molecule has 0 bridgehead atoms. The zero-order valence-corrected chi connectivity index (χ0v) is 16.8. The van der Waals surface area contributed by atoms with Gasteiger partial charge in [0.05, 0.1) is 6.10 Å². The minimum atomic E-state index is -1.41. The molecule has 2 heterocycles. The maximum Gasteiger partial charge on any atom is 0.126 e. The van der Waals surface area contributed by atoms with Crippen LogP contribution in [-0.4, -0.2) is 49.7 Å². The smallest absolute Gasteiger partial charge is 0.126 e. The van der Waals surface area contributed by atoms with Crippen molar-refractivity contribution in [2.24, 2.45) is 0 Å². The van der Waals surface area contributed by atoms with Crippen LogP contribution in [0.1, 0.15) is 42.5 Å². The predicted molar refractivity (Wildman–Crippen MR) is 104 cm³/mol. The maximum atomic E-state index is 13.0. The molecule has 2 aromatic rings. The zero-order chi connectivity index (χ0) is 21.7. The van der Waals surface area contributed by atoms with Crippen LogP contribution in [0.15, 0.2) is 30.6 Å². The summed E-state index contributed by atoms with van der Waals surface area (Å²) in [6, 6.07) is 2.60. The van der Waals surface area contributed by atoms with Crippen molar-refractivity contribution >= 4 is 6.08 Å². The molecule has 1 fully saturated rings. The molecule has 5 atom stereocenters. The van der Waals surface area contributed by atoms with Crippen LogP contribution in [0, 0.1) is 25.5 Å². The van der Waals surface area contributed by atoms with E-state index in [0.717, 1.165) is 29.1 Å². The van der Waals surface area contributed by atoms with Crippen LogP contribution in [0.25, 0.3) is 6.08 Å². The Morgan fingerprint density at radius 2 is 1.59 bits per heavy atom. The Hall–Kier alpha value is -2.26. The fraction of sp³-hybridized carbons (Fsp3) is 0.429. The Kier molecular flexibility index (Phi) is 7.92. The number of nitrogens with zero attached hydrogens (tertiary/aromatic N) is 2. The highest BCUT2D eigenvalue weighted by Gasteiger charge is 2.44. The minimum absolute atomic E-state index is 0.0437. The van der Waals surface area contributed by atoms with Gasteiger partial charge >= 0.3 is 0 Å². The van der Waals surface area contributed by atoms with Crippen LogP contribution in [0.3, 0.4) is 0 Å². The highest BCUT2D eigenvalue weighted by Crippen LogP contribution is 2.31. The van der Waals surface area contributed by atoms with E-state index in [1.165, 1.54) is 6.92 Å². The van der Waals surface area contributed by atoms with E-state index in [2.05, 4.69) is 9.97 Å². The fourth-order valence-electron chi connectivity index (χ4n) is 3.09. The Morgan fingerprint density at radius 1 is 1.03 bits per heavy atom. The molecule has 8 heteroatoms. The molecule has 1 aromatic carbocycles. The number of aliphatic hydroxyl groups excluding tert-OH is 3. The molecule has 29 heavy (non-hydrogen) atoms. The first-order valence-electron chi connectivity index (χ1n) is 9.22. The number of allylic oxidation sites excluding steroid dienone is 1. The molecule has 158 valence electrons. The third-order valence-electron chi connectivity index (χ3n) is 4.69. The van der Waals surface area contributed by atoms with Crippen molar-refractivity contribution in [2.75, 3.05) is 0 Å². The molecule has 1 saturated heterocycles. The van der Waals surface area contributed by atoms with Crippen molar-refractivity contribution < 1.29 is 28.8 Å². The molecule has 1 aliphatic rings. The summed E-state index contributed by atoms with van der Waals surface area (Å²) in [7, 11) is 0. The van der Waals surface area contributed by atoms with E-state index in [4.69, 9.17) is 4.74 Å². The summed E-state index contributed by atoms with van der Waals surface area (Å²) in [4.78, 5) is 8.19. The van der Waals surface area contributed by atoms with Gasteiger partial charge in [0.25, 0.3) is 0 Å². The van der Waals surface area contributed by atoms with Gasteiger partial charge in [-0.25, -0.2) is 18.7 Å². The van der Waals surface area contributed by atoms with Gasteiger partial charge in [-0.3, -0.25) is 0 Å². The summed E-state index contributed by atoms with van der Waals surface area (Å²) < 4.78 is 31.2. The lowest BCUT2D eigenvalue weighted by atomic mass is 9.98. The van der Waals surface area contributed by atoms with Crippen LogP contribution in [0.4, 0.5) is 8.78 Å². The van der Waals surface area contributed by atoms with Crippen LogP contribution in [0.2, 0.25) is 0 Å². The van der Waals surface area contributed by atoms with Gasteiger partial charge in [0.15, 0.2) is 0 Å². The van der Waals surface area contributed by atoms with Gasteiger partial charge in [0, 0.05) is 23.0 Å². The van der Waals surface area contributed by atoms with Gasteiger partial charge in [0.1, 0.15) is 42.4 Å². The van der Waals surface area contributed by atoms with Crippen molar-refractivity contribution in [3.05, 3.63) is 64.8 Å². The second-order valence-corrected chi connectivity index (χ2v) is 6.89. The number of ether oxygens (including phenoxy) is 1. The molecule has 0 spiro atoms. The molecule has 0 radical (unpaired) electrons. The molecule has 6 nitrogen and oxygen atoms in total. The van der Waals surface area contributed by atoms with E-state index in [1.54, 1.807) is 6.33 Å². The topological polar surface area (TPSA) is 95.7 Å². The quantitative estimate of drug-likeness (QED) is 0.723. The molecule has 3 rings (SSSR count). The van der Waals surface area contributed by atoms with Crippen molar-refractivity contribution in [1.82, 2.24) is 9.97 Å². The van der Waals surface area contributed by atoms with Crippen LogP contribution < -0.4 is 0 Å². The summed E-state index contributed by atoms with van der Waals surface area (Å²) in [5.41, 5.74) is 3.17. The highest BCUT2D eigenvalue weighted by atomic mass is 19.1. The van der Waals surface area contributed by atoms with Crippen LogP contribution in [0.5, 0.6) is 0 Å². The first-order valence-corrected chi connectivity index (χ1v) is 9.22. The van der Waals surface area contributed by atoms with Crippen molar-refractivity contribution in [3.63, 3.8) is 0 Å². The number of aliphatic hydroxyl groups is 3.